The Labute approximate surface area is 216 Å². The molecule has 0 atom stereocenters. The van der Waals surface area contributed by atoms with E-state index in [1.54, 1.807) is 24.3 Å². The second-order valence-electron chi connectivity index (χ2n) is 11.2. The second kappa shape index (κ2) is 15.3. The molecule has 0 heterocycles. The predicted molar refractivity (Wildman–Crippen MR) is 142 cm³/mol. The fourth-order valence-electron chi connectivity index (χ4n) is 3.65. The van der Waals surface area contributed by atoms with Crippen molar-refractivity contribution in [2.45, 2.75) is 93.4 Å². The average Bonchev–Trinajstić information content (AvgIpc) is 2.70. The maximum Gasteiger partial charge on any atom is 0.222 e. The van der Waals surface area contributed by atoms with E-state index in [0.717, 1.165) is 0 Å². The van der Waals surface area contributed by atoms with Crippen LogP contribution in [0.15, 0.2) is 24.3 Å². The lowest BCUT2D eigenvalue weighted by atomic mass is 10.0. The van der Waals surface area contributed by atoms with E-state index < -0.39 is 12.3 Å². The van der Waals surface area contributed by atoms with E-state index in [2.05, 4.69) is 21.3 Å². The summed E-state index contributed by atoms with van der Waals surface area (Å²) in [6.45, 7) is 15.7. The molecule has 0 saturated heterocycles. The molecule has 1 rings (SSSR count). The van der Waals surface area contributed by atoms with E-state index >= 15 is 0 Å². The summed E-state index contributed by atoms with van der Waals surface area (Å²) in [5.41, 5.74) is 1.41. The van der Waals surface area contributed by atoms with Crippen LogP contribution in [-0.4, -0.2) is 23.6 Å². The molecule has 1 aromatic rings. The van der Waals surface area contributed by atoms with Crippen molar-refractivity contribution in [2.24, 2.45) is 23.7 Å². The molecule has 0 bridgehead atoms. The molecule has 1 aromatic carbocycles. The highest BCUT2D eigenvalue weighted by molar-refractivity contribution is 5.80. The molecule has 4 amide bonds. The standard InChI is InChI=1S/C28H46N4O4/c1-17(2)13-23(33)29-27(30-24(34)14-18(3)4)21-9-11-22(12-10-21)28(31-25(35)15-19(5)6)32-26(36)16-20(7)8/h9-12,17-20,27-28H,13-16H2,1-8H3,(H,29,33)(H,30,34)(H,31,35)(H,32,36). The summed E-state index contributed by atoms with van der Waals surface area (Å²) in [4.78, 5) is 49.9. The quantitative estimate of drug-likeness (QED) is 0.283. The minimum absolute atomic E-state index is 0.149. The number of hydrogen-bond acceptors (Lipinski definition) is 4. The molecule has 36 heavy (non-hydrogen) atoms. The fourth-order valence-corrected chi connectivity index (χ4v) is 3.65. The Morgan fingerprint density at radius 1 is 0.472 bits per heavy atom. The molecule has 4 N–H and O–H groups in total. The van der Waals surface area contributed by atoms with Gasteiger partial charge in [0.2, 0.25) is 23.6 Å². The summed E-state index contributed by atoms with van der Waals surface area (Å²) in [5.74, 6) is 0.140. The molecule has 0 aliphatic heterocycles. The zero-order valence-electron chi connectivity index (χ0n) is 23.2. The van der Waals surface area contributed by atoms with Gasteiger partial charge in [-0.05, 0) is 34.8 Å². The Kier molecular flexibility index (Phi) is 13.2. The van der Waals surface area contributed by atoms with Gasteiger partial charge in [-0.15, -0.1) is 0 Å². The van der Waals surface area contributed by atoms with Gasteiger partial charge in [-0.3, -0.25) is 19.2 Å². The van der Waals surface area contributed by atoms with Crippen molar-refractivity contribution in [2.75, 3.05) is 0 Å². The van der Waals surface area contributed by atoms with Gasteiger partial charge in [-0.2, -0.15) is 0 Å². The van der Waals surface area contributed by atoms with Crippen molar-refractivity contribution < 1.29 is 19.2 Å². The first-order valence-electron chi connectivity index (χ1n) is 13.0. The molecule has 0 aliphatic rings. The summed E-state index contributed by atoms with van der Waals surface area (Å²) >= 11 is 0. The van der Waals surface area contributed by atoms with Crippen molar-refractivity contribution in [3.05, 3.63) is 35.4 Å². The normalized spacial score (nSPS) is 11.5. The Morgan fingerprint density at radius 3 is 0.833 bits per heavy atom. The van der Waals surface area contributed by atoms with E-state index in [4.69, 9.17) is 0 Å². The summed E-state index contributed by atoms with van der Waals surface area (Å²) in [5, 5.41) is 11.7. The molecule has 0 fully saturated rings. The van der Waals surface area contributed by atoms with Crippen LogP contribution in [0.2, 0.25) is 0 Å². The third-order valence-corrected chi connectivity index (χ3v) is 5.20. The van der Waals surface area contributed by atoms with Crippen LogP contribution < -0.4 is 21.3 Å². The van der Waals surface area contributed by atoms with Gasteiger partial charge in [0, 0.05) is 25.7 Å². The molecule has 202 valence electrons. The minimum atomic E-state index is -0.680. The smallest absolute Gasteiger partial charge is 0.222 e. The van der Waals surface area contributed by atoms with Crippen molar-refractivity contribution in [3.63, 3.8) is 0 Å². The Morgan fingerprint density at radius 2 is 0.667 bits per heavy atom. The van der Waals surface area contributed by atoms with Crippen LogP contribution in [0.4, 0.5) is 0 Å². The third-order valence-electron chi connectivity index (χ3n) is 5.20. The molecule has 8 heteroatoms. The zero-order valence-corrected chi connectivity index (χ0v) is 23.2. The zero-order chi connectivity index (χ0) is 27.4. The number of benzene rings is 1. The number of amides is 4. The van der Waals surface area contributed by atoms with Crippen molar-refractivity contribution in [1.82, 2.24) is 21.3 Å². The highest BCUT2D eigenvalue weighted by Crippen LogP contribution is 2.18. The highest BCUT2D eigenvalue weighted by Gasteiger charge is 2.21. The van der Waals surface area contributed by atoms with Crippen molar-refractivity contribution in [1.29, 1.82) is 0 Å². The van der Waals surface area contributed by atoms with Crippen LogP contribution in [0.3, 0.4) is 0 Å². The molecule has 0 unspecified atom stereocenters. The van der Waals surface area contributed by atoms with E-state index in [1.807, 2.05) is 55.4 Å². The Bertz CT molecular complexity index is 744. The second-order valence-corrected chi connectivity index (χ2v) is 11.2. The van der Waals surface area contributed by atoms with Gasteiger partial charge in [0.1, 0.15) is 12.3 Å². The van der Waals surface area contributed by atoms with Crippen LogP contribution in [0.25, 0.3) is 0 Å². The first kappa shape index (κ1) is 31.1. The van der Waals surface area contributed by atoms with Crippen molar-refractivity contribution in [3.8, 4) is 0 Å². The number of carbonyl (C=O) groups is 4. The lowest BCUT2D eigenvalue weighted by Gasteiger charge is -2.24. The lowest BCUT2D eigenvalue weighted by molar-refractivity contribution is -0.127. The van der Waals surface area contributed by atoms with E-state index in [9.17, 15) is 19.2 Å². The van der Waals surface area contributed by atoms with Gasteiger partial charge in [0.15, 0.2) is 0 Å². The number of carbonyl (C=O) groups excluding carboxylic acids is 4. The average molecular weight is 503 g/mol. The monoisotopic (exact) mass is 502 g/mol. The first-order valence-corrected chi connectivity index (χ1v) is 13.0. The highest BCUT2D eigenvalue weighted by atomic mass is 16.2. The first-order chi connectivity index (χ1) is 16.8. The number of hydrogen-bond donors (Lipinski definition) is 4. The molecular weight excluding hydrogens is 456 g/mol. The van der Waals surface area contributed by atoms with Gasteiger partial charge < -0.3 is 21.3 Å². The van der Waals surface area contributed by atoms with Crippen LogP contribution >= 0.6 is 0 Å². The molecule has 8 nitrogen and oxygen atoms in total. The van der Waals surface area contributed by atoms with Gasteiger partial charge in [0.25, 0.3) is 0 Å². The van der Waals surface area contributed by atoms with E-state index in [1.165, 1.54) is 0 Å². The minimum Gasteiger partial charge on any atom is -0.332 e. The molecule has 0 aliphatic carbocycles. The maximum atomic E-state index is 12.5. The number of nitrogens with one attached hydrogen (secondary N) is 4. The van der Waals surface area contributed by atoms with Crippen LogP contribution in [-0.2, 0) is 19.2 Å². The van der Waals surface area contributed by atoms with Gasteiger partial charge in [0.05, 0.1) is 0 Å². The van der Waals surface area contributed by atoms with Gasteiger partial charge in [-0.1, -0.05) is 79.7 Å². The molecule has 0 aromatic heterocycles. The molecule has 0 spiro atoms. The van der Waals surface area contributed by atoms with Crippen LogP contribution in [0, 0.1) is 23.7 Å². The van der Waals surface area contributed by atoms with Gasteiger partial charge >= 0.3 is 0 Å². The van der Waals surface area contributed by atoms with E-state index in [0.29, 0.717) is 36.8 Å². The predicted octanol–water partition coefficient (Wildman–Crippen LogP) is 4.33. The summed E-state index contributed by atoms with van der Waals surface area (Å²) < 4.78 is 0. The van der Waals surface area contributed by atoms with E-state index in [-0.39, 0.29) is 47.3 Å². The molecule has 0 radical (unpaired) electrons. The molecule has 0 saturated carbocycles. The molecular formula is C28H46N4O4. The fraction of sp³-hybridized carbons (Fsp3) is 0.643. The summed E-state index contributed by atoms with van der Waals surface area (Å²) in [6.07, 6.45) is 0.0316. The Hall–Kier alpha value is -2.90. The largest absolute Gasteiger partial charge is 0.332 e. The van der Waals surface area contributed by atoms with Gasteiger partial charge in [-0.25, -0.2) is 0 Å². The van der Waals surface area contributed by atoms with Crippen LogP contribution in [0.5, 0.6) is 0 Å². The SMILES string of the molecule is CC(C)CC(=O)NC(NC(=O)CC(C)C)c1ccc(C(NC(=O)CC(C)C)NC(=O)CC(C)C)cc1. The Balaban J connectivity index is 3.16. The topological polar surface area (TPSA) is 116 Å². The van der Waals surface area contributed by atoms with Crippen LogP contribution in [0.1, 0.15) is 105 Å². The third kappa shape index (κ3) is 12.7. The maximum absolute atomic E-state index is 12.5. The summed E-state index contributed by atoms with van der Waals surface area (Å²) in [7, 11) is 0. The van der Waals surface area contributed by atoms with Crippen molar-refractivity contribution >= 4 is 23.6 Å². The summed E-state index contributed by atoms with van der Waals surface area (Å²) in [6, 6.07) is 7.17. The lowest BCUT2D eigenvalue weighted by Crippen LogP contribution is -2.42. The number of rotatable bonds is 14.